The number of hydrogen-bond acceptors (Lipinski definition) is 2. The third-order valence-corrected chi connectivity index (χ3v) is 4.25. The first kappa shape index (κ1) is 14.4. The normalized spacial score (nSPS) is 14.3. The summed E-state index contributed by atoms with van der Waals surface area (Å²) in [6.45, 7) is 5.19. The molecule has 0 heterocycles. The van der Waals surface area contributed by atoms with E-state index in [1.54, 1.807) is 0 Å². The minimum Gasteiger partial charge on any atom is -0.396 e. The molecule has 0 radical (unpaired) electrons. The molecule has 1 unspecified atom stereocenters. The van der Waals surface area contributed by atoms with Gasteiger partial charge in [0.1, 0.15) is 0 Å². The van der Waals surface area contributed by atoms with Crippen molar-refractivity contribution < 1.29 is 5.11 Å². The molecule has 0 spiro atoms. The van der Waals surface area contributed by atoms with Gasteiger partial charge in [0.25, 0.3) is 0 Å². The van der Waals surface area contributed by atoms with E-state index >= 15 is 0 Å². The molecule has 2 N–H and O–H groups in total. The van der Waals surface area contributed by atoms with Gasteiger partial charge in [-0.1, -0.05) is 41.9 Å². The fourth-order valence-electron chi connectivity index (χ4n) is 1.93. The van der Waals surface area contributed by atoms with Gasteiger partial charge in [0.05, 0.1) is 6.61 Å². The summed E-state index contributed by atoms with van der Waals surface area (Å²) in [5.41, 5.74) is 1.04. The van der Waals surface area contributed by atoms with E-state index in [4.69, 9.17) is 0 Å². The molecule has 0 aliphatic heterocycles. The molecule has 0 aromatic heterocycles. The second-order valence-corrected chi connectivity index (χ2v) is 6.30. The van der Waals surface area contributed by atoms with Gasteiger partial charge in [-0.25, -0.2) is 0 Å². The Morgan fingerprint density at radius 1 is 1.16 bits per heavy atom. The van der Waals surface area contributed by atoms with Crippen LogP contribution in [0.4, 0.5) is 5.69 Å². The molecule has 0 aliphatic carbocycles. The Balaban J connectivity index is 2.16. The van der Waals surface area contributed by atoms with E-state index in [-0.39, 0.29) is 12.0 Å². The number of anilines is 1. The van der Waals surface area contributed by atoms with Crippen LogP contribution in [0.2, 0.25) is 0 Å². The Bertz CT molecular complexity index is 564. The third kappa shape index (κ3) is 3.48. The fourth-order valence-corrected chi connectivity index (χ4v) is 2.31. The van der Waals surface area contributed by atoms with Crippen molar-refractivity contribution in [3.63, 3.8) is 0 Å². The van der Waals surface area contributed by atoms with Crippen LogP contribution in [0.15, 0.2) is 40.9 Å². The summed E-state index contributed by atoms with van der Waals surface area (Å²) in [6.07, 6.45) is 0.955. The van der Waals surface area contributed by atoms with Crippen molar-refractivity contribution in [2.75, 3.05) is 18.5 Å². The van der Waals surface area contributed by atoms with Crippen LogP contribution in [0.5, 0.6) is 0 Å². The lowest BCUT2D eigenvalue weighted by Gasteiger charge is -2.26. The van der Waals surface area contributed by atoms with Crippen LogP contribution in [0.25, 0.3) is 10.8 Å². The van der Waals surface area contributed by atoms with E-state index in [0.29, 0.717) is 0 Å². The molecule has 2 aromatic carbocycles. The minimum atomic E-state index is -0.0608. The molecule has 0 fully saturated rings. The molecule has 0 aliphatic rings. The lowest BCUT2D eigenvalue weighted by atomic mass is 9.88. The van der Waals surface area contributed by atoms with Crippen molar-refractivity contribution in [1.29, 1.82) is 0 Å². The highest BCUT2D eigenvalue weighted by Crippen LogP contribution is 2.25. The molecule has 3 heteroatoms. The van der Waals surface area contributed by atoms with Gasteiger partial charge in [-0.2, -0.15) is 0 Å². The summed E-state index contributed by atoms with van der Waals surface area (Å²) < 4.78 is 1.10. The Hall–Kier alpha value is -1.06. The topological polar surface area (TPSA) is 32.3 Å². The van der Waals surface area contributed by atoms with Crippen LogP contribution >= 0.6 is 15.9 Å². The Morgan fingerprint density at radius 2 is 1.84 bits per heavy atom. The third-order valence-electron chi connectivity index (χ3n) is 3.76. The van der Waals surface area contributed by atoms with Gasteiger partial charge in [-0.3, -0.25) is 0 Å². The van der Waals surface area contributed by atoms with Crippen LogP contribution < -0.4 is 5.32 Å². The van der Waals surface area contributed by atoms with Crippen molar-refractivity contribution in [1.82, 2.24) is 0 Å². The maximum atomic E-state index is 9.42. The zero-order valence-electron chi connectivity index (χ0n) is 11.4. The summed E-state index contributed by atoms with van der Waals surface area (Å²) >= 11 is 3.48. The predicted octanol–water partition coefficient (Wildman–Crippen LogP) is 4.42. The standard InChI is InChI=1S/C16H20BrNO/c1-3-16(2,11-19)10-18-15-7-5-12-8-14(17)6-4-13(12)9-15/h4-9,18-19H,3,10-11H2,1-2H3. The highest BCUT2D eigenvalue weighted by atomic mass is 79.9. The second-order valence-electron chi connectivity index (χ2n) is 5.38. The number of halogens is 1. The zero-order valence-corrected chi connectivity index (χ0v) is 13.0. The summed E-state index contributed by atoms with van der Waals surface area (Å²) in [7, 11) is 0. The first-order chi connectivity index (χ1) is 9.06. The lowest BCUT2D eigenvalue weighted by Crippen LogP contribution is -2.29. The largest absolute Gasteiger partial charge is 0.396 e. The Morgan fingerprint density at radius 3 is 2.53 bits per heavy atom. The number of fused-ring (bicyclic) bond motifs is 1. The van der Waals surface area contributed by atoms with E-state index in [2.05, 4.69) is 71.5 Å². The van der Waals surface area contributed by atoms with Crippen LogP contribution in [0.1, 0.15) is 20.3 Å². The van der Waals surface area contributed by atoms with Crippen molar-refractivity contribution >= 4 is 32.4 Å². The van der Waals surface area contributed by atoms with Crippen LogP contribution in [-0.2, 0) is 0 Å². The summed E-state index contributed by atoms with van der Waals surface area (Å²) in [5.74, 6) is 0. The monoisotopic (exact) mass is 321 g/mol. The van der Waals surface area contributed by atoms with Gasteiger partial charge >= 0.3 is 0 Å². The quantitative estimate of drug-likeness (QED) is 0.854. The van der Waals surface area contributed by atoms with E-state index in [0.717, 1.165) is 23.1 Å². The van der Waals surface area contributed by atoms with Gasteiger partial charge in [-0.15, -0.1) is 0 Å². The molecular formula is C16H20BrNO. The number of benzene rings is 2. The number of rotatable bonds is 5. The van der Waals surface area contributed by atoms with Crippen molar-refractivity contribution in [3.8, 4) is 0 Å². The second kappa shape index (κ2) is 5.93. The Kier molecular flexibility index (Phi) is 4.48. The van der Waals surface area contributed by atoms with Gasteiger partial charge < -0.3 is 10.4 Å². The molecule has 19 heavy (non-hydrogen) atoms. The van der Waals surface area contributed by atoms with Crippen molar-refractivity contribution in [2.24, 2.45) is 5.41 Å². The molecule has 0 saturated carbocycles. The SMILES string of the molecule is CCC(C)(CO)CNc1ccc2cc(Br)ccc2c1. The van der Waals surface area contributed by atoms with Crippen LogP contribution in [0.3, 0.4) is 0 Å². The number of aliphatic hydroxyl groups excluding tert-OH is 1. The van der Waals surface area contributed by atoms with Crippen LogP contribution in [0, 0.1) is 5.41 Å². The van der Waals surface area contributed by atoms with Gasteiger partial charge in [0.15, 0.2) is 0 Å². The molecule has 2 nitrogen and oxygen atoms in total. The highest BCUT2D eigenvalue weighted by Gasteiger charge is 2.20. The van der Waals surface area contributed by atoms with E-state index in [9.17, 15) is 5.11 Å². The van der Waals surface area contributed by atoms with Gasteiger partial charge in [0.2, 0.25) is 0 Å². The molecule has 2 rings (SSSR count). The lowest BCUT2D eigenvalue weighted by molar-refractivity contribution is 0.149. The van der Waals surface area contributed by atoms with Crippen molar-refractivity contribution in [2.45, 2.75) is 20.3 Å². The van der Waals surface area contributed by atoms with Crippen LogP contribution in [-0.4, -0.2) is 18.3 Å². The minimum absolute atomic E-state index is 0.0608. The maximum absolute atomic E-state index is 9.42. The molecule has 0 saturated heterocycles. The van der Waals surface area contributed by atoms with Gasteiger partial charge in [-0.05, 0) is 41.5 Å². The summed E-state index contributed by atoms with van der Waals surface area (Å²) in [6, 6.07) is 12.6. The average molecular weight is 322 g/mol. The molecule has 102 valence electrons. The number of hydrogen-bond donors (Lipinski definition) is 2. The van der Waals surface area contributed by atoms with E-state index in [1.807, 2.05) is 0 Å². The highest BCUT2D eigenvalue weighted by molar-refractivity contribution is 9.10. The predicted molar refractivity (Wildman–Crippen MR) is 85.6 cm³/mol. The summed E-state index contributed by atoms with van der Waals surface area (Å²) in [4.78, 5) is 0. The first-order valence-corrected chi connectivity index (χ1v) is 7.40. The average Bonchev–Trinajstić information content (AvgIpc) is 2.44. The molecule has 0 amide bonds. The molecular weight excluding hydrogens is 302 g/mol. The van der Waals surface area contributed by atoms with Crippen molar-refractivity contribution in [3.05, 3.63) is 40.9 Å². The van der Waals surface area contributed by atoms with Gasteiger partial charge in [0, 0.05) is 22.1 Å². The fraction of sp³-hybridized carbons (Fsp3) is 0.375. The number of aliphatic hydroxyl groups is 1. The maximum Gasteiger partial charge on any atom is 0.0501 e. The Labute approximate surface area is 123 Å². The molecule has 2 aromatic rings. The molecule has 0 bridgehead atoms. The van der Waals surface area contributed by atoms with E-state index < -0.39 is 0 Å². The summed E-state index contributed by atoms with van der Waals surface area (Å²) in [5, 5.41) is 15.3. The molecule has 1 atom stereocenters. The zero-order chi connectivity index (χ0) is 13.9. The number of nitrogens with one attached hydrogen (secondary N) is 1. The smallest absolute Gasteiger partial charge is 0.0501 e. The first-order valence-electron chi connectivity index (χ1n) is 6.60. The van der Waals surface area contributed by atoms with E-state index in [1.165, 1.54) is 10.8 Å².